The first-order valence-corrected chi connectivity index (χ1v) is 10.3. The van der Waals surface area contributed by atoms with Crippen LogP contribution in [0.2, 0.25) is 0 Å². The molecule has 1 aliphatic heterocycles. The summed E-state index contributed by atoms with van der Waals surface area (Å²) in [6.45, 7) is 3.19. The SMILES string of the molecule is CC1Sc2ccc(C(=O)OCC(=O)NC(C)c3cc4ccccc4o3)cc2NC1=O. The van der Waals surface area contributed by atoms with Gasteiger partial charge in [0.15, 0.2) is 6.61 Å². The van der Waals surface area contributed by atoms with Gasteiger partial charge in [-0.3, -0.25) is 9.59 Å². The summed E-state index contributed by atoms with van der Waals surface area (Å²) >= 11 is 1.43. The van der Waals surface area contributed by atoms with E-state index in [0.29, 0.717) is 11.4 Å². The van der Waals surface area contributed by atoms with Gasteiger partial charge >= 0.3 is 5.97 Å². The number of rotatable bonds is 5. The van der Waals surface area contributed by atoms with Crippen molar-refractivity contribution in [1.29, 1.82) is 0 Å². The van der Waals surface area contributed by atoms with Crippen LogP contribution in [-0.2, 0) is 14.3 Å². The van der Waals surface area contributed by atoms with Crippen LogP contribution < -0.4 is 10.6 Å². The van der Waals surface area contributed by atoms with Gasteiger partial charge in [-0.25, -0.2) is 4.79 Å². The minimum Gasteiger partial charge on any atom is -0.459 e. The van der Waals surface area contributed by atoms with E-state index in [0.717, 1.165) is 15.9 Å². The summed E-state index contributed by atoms with van der Waals surface area (Å²) in [4.78, 5) is 37.2. The number of furan rings is 1. The summed E-state index contributed by atoms with van der Waals surface area (Å²) in [6.07, 6.45) is 0. The molecule has 0 aliphatic carbocycles. The zero-order chi connectivity index (χ0) is 21.3. The standard InChI is InChI=1S/C22H20N2O5S/c1-12(18-10-14-5-3-4-6-17(14)29-18)23-20(25)11-28-22(27)15-7-8-19-16(9-15)24-21(26)13(2)30-19/h3-10,12-13H,11H2,1-2H3,(H,23,25)(H,24,26). The molecule has 0 saturated heterocycles. The van der Waals surface area contributed by atoms with Crippen LogP contribution in [0.3, 0.4) is 0 Å². The molecule has 2 heterocycles. The van der Waals surface area contributed by atoms with Crippen LogP contribution in [0.5, 0.6) is 0 Å². The number of benzene rings is 2. The number of carbonyl (C=O) groups excluding carboxylic acids is 3. The lowest BCUT2D eigenvalue weighted by atomic mass is 10.2. The molecular weight excluding hydrogens is 404 g/mol. The highest BCUT2D eigenvalue weighted by atomic mass is 32.2. The Kier molecular flexibility index (Phi) is 5.50. The smallest absolute Gasteiger partial charge is 0.338 e. The molecule has 8 heteroatoms. The van der Waals surface area contributed by atoms with E-state index < -0.39 is 18.5 Å². The molecule has 2 unspecified atom stereocenters. The quantitative estimate of drug-likeness (QED) is 0.603. The summed E-state index contributed by atoms with van der Waals surface area (Å²) in [5.41, 5.74) is 1.58. The van der Waals surface area contributed by atoms with Crippen LogP contribution in [0.4, 0.5) is 5.69 Å². The van der Waals surface area contributed by atoms with Crippen LogP contribution in [0.15, 0.2) is 57.8 Å². The van der Waals surface area contributed by atoms with Crippen molar-refractivity contribution >= 4 is 46.2 Å². The lowest BCUT2D eigenvalue weighted by molar-refractivity contribution is -0.125. The van der Waals surface area contributed by atoms with Gasteiger partial charge in [0.2, 0.25) is 5.91 Å². The second kappa shape index (κ2) is 8.23. The summed E-state index contributed by atoms with van der Waals surface area (Å²) in [5.74, 6) is -0.570. The molecule has 1 aromatic heterocycles. The Morgan fingerprint density at radius 2 is 2.03 bits per heavy atom. The van der Waals surface area contributed by atoms with E-state index in [9.17, 15) is 14.4 Å². The van der Waals surface area contributed by atoms with Crippen molar-refractivity contribution in [2.24, 2.45) is 0 Å². The number of thioether (sulfide) groups is 1. The highest BCUT2D eigenvalue weighted by Crippen LogP contribution is 2.36. The second-order valence-electron chi connectivity index (χ2n) is 7.01. The van der Waals surface area contributed by atoms with Crippen LogP contribution in [0.25, 0.3) is 11.0 Å². The van der Waals surface area contributed by atoms with Crippen molar-refractivity contribution in [3.8, 4) is 0 Å². The molecule has 3 aromatic rings. The molecule has 0 radical (unpaired) electrons. The van der Waals surface area contributed by atoms with Gasteiger partial charge in [-0.15, -0.1) is 11.8 Å². The summed E-state index contributed by atoms with van der Waals surface area (Å²) < 4.78 is 10.9. The number of para-hydroxylation sites is 1. The third-order valence-corrected chi connectivity index (χ3v) is 5.91. The molecule has 0 saturated carbocycles. The summed E-state index contributed by atoms with van der Waals surface area (Å²) in [6, 6.07) is 14.0. The van der Waals surface area contributed by atoms with Gasteiger partial charge < -0.3 is 19.8 Å². The number of amides is 2. The average Bonchev–Trinajstić information content (AvgIpc) is 3.17. The first kappa shape index (κ1) is 20.0. The van der Waals surface area contributed by atoms with E-state index in [1.54, 1.807) is 25.1 Å². The van der Waals surface area contributed by atoms with Gasteiger partial charge in [-0.2, -0.15) is 0 Å². The zero-order valence-electron chi connectivity index (χ0n) is 16.4. The number of nitrogens with one attached hydrogen (secondary N) is 2. The molecule has 4 rings (SSSR count). The predicted molar refractivity (Wildman–Crippen MR) is 113 cm³/mol. The van der Waals surface area contributed by atoms with Crippen LogP contribution >= 0.6 is 11.8 Å². The van der Waals surface area contributed by atoms with Crippen molar-refractivity contribution in [2.45, 2.75) is 30.0 Å². The third-order valence-electron chi connectivity index (χ3n) is 4.73. The Hall–Kier alpha value is -3.26. The summed E-state index contributed by atoms with van der Waals surface area (Å²) in [7, 11) is 0. The number of hydrogen-bond acceptors (Lipinski definition) is 6. The van der Waals surface area contributed by atoms with Crippen LogP contribution in [0, 0.1) is 0 Å². The number of hydrogen-bond donors (Lipinski definition) is 2. The van der Waals surface area contributed by atoms with E-state index in [1.165, 1.54) is 11.8 Å². The molecular formula is C22H20N2O5S. The molecule has 0 fully saturated rings. The van der Waals surface area contributed by atoms with E-state index in [2.05, 4.69) is 10.6 Å². The van der Waals surface area contributed by atoms with Crippen molar-refractivity contribution in [1.82, 2.24) is 5.32 Å². The third kappa shape index (κ3) is 4.18. The fourth-order valence-corrected chi connectivity index (χ4v) is 4.05. The Morgan fingerprint density at radius 1 is 1.23 bits per heavy atom. The van der Waals surface area contributed by atoms with Crippen LogP contribution in [-0.4, -0.2) is 29.6 Å². The maximum absolute atomic E-state index is 12.3. The van der Waals surface area contributed by atoms with Crippen molar-refractivity contribution in [3.63, 3.8) is 0 Å². The fourth-order valence-electron chi connectivity index (χ4n) is 3.12. The Morgan fingerprint density at radius 3 is 2.83 bits per heavy atom. The van der Waals surface area contributed by atoms with Crippen LogP contribution in [0.1, 0.15) is 36.0 Å². The topological polar surface area (TPSA) is 97.6 Å². The monoisotopic (exact) mass is 424 g/mol. The van der Waals surface area contributed by atoms with E-state index in [-0.39, 0.29) is 22.8 Å². The van der Waals surface area contributed by atoms with E-state index in [1.807, 2.05) is 37.3 Å². The Labute approximate surface area is 177 Å². The van der Waals surface area contributed by atoms with Crippen molar-refractivity contribution in [2.75, 3.05) is 11.9 Å². The molecule has 0 spiro atoms. The first-order valence-electron chi connectivity index (χ1n) is 9.47. The second-order valence-corrected chi connectivity index (χ2v) is 8.39. The van der Waals surface area contributed by atoms with Crippen molar-refractivity contribution in [3.05, 3.63) is 59.9 Å². The van der Waals surface area contributed by atoms with Gasteiger partial charge in [0.1, 0.15) is 11.3 Å². The average molecular weight is 424 g/mol. The summed E-state index contributed by atoms with van der Waals surface area (Å²) in [5, 5.41) is 6.29. The highest BCUT2D eigenvalue weighted by molar-refractivity contribution is 8.00. The van der Waals surface area contributed by atoms with Gasteiger partial charge in [0.25, 0.3) is 5.91 Å². The molecule has 2 amide bonds. The van der Waals surface area contributed by atoms with Gasteiger partial charge in [-0.1, -0.05) is 18.2 Å². The fraction of sp³-hybridized carbons (Fsp3) is 0.227. The highest BCUT2D eigenvalue weighted by Gasteiger charge is 2.24. The minimum atomic E-state index is -0.637. The first-order chi connectivity index (χ1) is 14.4. The zero-order valence-corrected chi connectivity index (χ0v) is 17.2. The largest absolute Gasteiger partial charge is 0.459 e. The van der Waals surface area contributed by atoms with Crippen molar-refractivity contribution < 1.29 is 23.5 Å². The molecule has 7 nitrogen and oxygen atoms in total. The van der Waals surface area contributed by atoms with Gasteiger partial charge in [0.05, 0.1) is 22.5 Å². The Balaban J connectivity index is 1.34. The molecule has 154 valence electrons. The van der Waals surface area contributed by atoms with E-state index >= 15 is 0 Å². The number of esters is 1. The molecule has 1 aliphatic rings. The maximum Gasteiger partial charge on any atom is 0.338 e. The number of ether oxygens (including phenoxy) is 1. The number of carbonyl (C=O) groups is 3. The normalized spacial score (nSPS) is 16.5. The molecule has 30 heavy (non-hydrogen) atoms. The minimum absolute atomic E-state index is 0.114. The molecule has 2 atom stereocenters. The number of anilines is 1. The predicted octanol–water partition coefficient (Wildman–Crippen LogP) is 3.90. The lowest BCUT2D eigenvalue weighted by Gasteiger charge is -2.21. The molecule has 2 N–H and O–H groups in total. The van der Waals surface area contributed by atoms with Gasteiger partial charge in [-0.05, 0) is 44.2 Å². The molecule has 0 bridgehead atoms. The number of fused-ring (bicyclic) bond motifs is 2. The Bertz CT molecular complexity index is 1110. The lowest BCUT2D eigenvalue weighted by Crippen LogP contribution is -2.31. The van der Waals surface area contributed by atoms with Gasteiger partial charge in [0, 0.05) is 10.3 Å². The maximum atomic E-state index is 12.3. The van der Waals surface area contributed by atoms with E-state index in [4.69, 9.17) is 9.15 Å². The molecule has 2 aromatic carbocycles.